The first-order valence-electron chi connectivity index (χ1n) is 7.81. The lowest BCUT2D eigenvalue weighted by atomic mass is 9.69. The average Bonchev–Trinajstić information content (AvgIpc) is 2.42. The van der Waals surface area contributed by atoms with Crippen LogP contribution in [0.3, 0.4) is 0 Å². The fourth-order valence-corrected chi connectivity index (χ4v) is 3.35. The third-order valence-corrected chi connectivity index (χ3v) is 4.56. The van der Waals surface area contributed by atoms with E-state index in [1.54, 1.807) is 0 Å². The van der Waals surface area contributed by atoms with Crippen LogP contribution >= 0.6 is 0 Å². The van der Waals surface area contributed by atoms with Crippen LogP contribution in [0.15, 0.2) is 18.3 Å². The van der Waals surface area contributed by atoms with Crippen molar-refractivity contribution >= 4 is 0 Å². The Bertz CT molecular complexity index is 377. The van der Waals surface area contributed by atoms with Crippen molar-refractivity contribution in [1.29, 1.82) is 0 Å². The first-order chi connectivity index (χ1) is 9.15. The fourth-order valence-electron chi connectivity index (χ4n) is 3.35. The molecule has 1 aromatic rings. The maximum absolute atomic E-state index is 4.49. The number of hydrogen-bond donors (Lipinski definition) is 1. The van der Waals surface area contributed by atoms with Crippen LogP contribution in [-0.2, 0) is 0 Å². The third kappa shape index (κ3) is 3.56. The summed E-state index contributed by atoms with van der Waals surface area (Å²) in [5, 5.41) is 3.78. The van der Waals surface area contributed by atoms with Gasteiger partial charge in [-0.3, -0.25) is 4.98 Å². The van der Waals surface area contributed by atoms with Gasteiger partial charge in [0.1, 0.15) is 0 Å². The molecule has 2 rings (SSSR count). The number of pyridine rings is 1. The zero-order chi connectivity index (χ0) is 13.7. The van der Waals surface area contributed by atoms with Crippen molar-refractivity contribution in [3.63, 3.8) is 0 Å². The summed E-state index contributed by atoms with van der Waals surface area (Å²) < 4.78 is 0. The highest BCUT2D eigenvalue weighted by molar-refractivity contribution is 5.20. The molecular formula is C17H28N2. The Labute approximate surface area is 118 Å². The summed E-state index contributed by atoms with van der Waals surface area (Å²) in [6.07, 6.45) is 10.1. The van der Waals surface area contributed by atoms with E-state index < -0.39 is 0 Å². The molecule has 0 aliphatic heterocycles. The Balaban J connectivity index is 2.21. The van der Waals surface area contributed by atoms with Gasteiger partial charge in [0, 0.05) is 17.9 Å². The highest BCUT2D eigenvalue weighted by Gasteiger charge is 2.36. The maximum Gasteiger partial charge on any atom is 0.0389 e. The Kier molecular flexibility index (Phi) is 4.98. The molecule has 1 fully saturated rings. The normalized spacial score (nSPS) is 20.2. The van der Waals surface area contributed by atoms with E-state index in [4.69, 9.17) is 0 Å². The van der Waals surface area contributed by atoms with Gasteiger partial charge < -0.3 is 5.32 Å². The zero-order valence-electron chi connectivity index (χ0n) is 12.7. The van der Waals surface area contributed by atoms with Gasteiger partial charge in [-0.05, 0) is 49.8 Å². The van der Waals surface area contributed by atoms with Gasteiger partial charge in [-0.2, -0.15) is 0 Å². The van der Waals surface area contributed by atoms with Crippen LogP contribution in [0.1, 0.15) is 69.7 Å². The van der Waals surface area contributed by atoms with Crippen molar-refractivity contribution in [1.82, 2.24) is 10.3 Å². The molecular weight excluding hydrogens is 232 g/mol. The minimum atomic E-state index is 0.393. The zero-order valence-corrected chi connectivity index (χ0v) is 12.7. The number of aryl methyl sites for hydroxylation is 1. The highest BCUT2D eigenvalue weighted by atomic mass is 14.9. The lowest BCUT2D eigenvalue weighted by Gasteiger charge is -2.41. The highest BCUT2D eigenvalue weighted by Crippen LogP contribution is 2.45. The lowest BCUT2D eigenvalue weighted by molar-refractivity contribution is 0.144. The molecule has 1 unspecified atom stereocenters. The number of nitrogens with one attached hydrogen (secondary N) is 1. The molecule has 19 heavy (non-hydrogen) atoms. The van der Waals surface area contributed by atoms with Gasteiger partial charge in [0.2, 0.25) is 0 Å². The second kappa shape index (κ2) is 6.51. The fraction of sp³-hybridized carbons (Fsp3) is 0.706. The molecule has 1 heterocycles. The number of rotatable bonds is 5. The van der Waals surface area contributed by atoms with E-state index in [0.29, 0.717) is 11.5 Å². The second-order valence-electron chi connectivity index (χ2n) is 6.33. The predicted molar refractivity (Wildman–Crippen MR) is 81.2 cm³/mol. The van der Waals surface area contributed by atoms with E-state index in [9.17, 15) is 0 Å². The van der Waals surface area contributed by atoms with Crippen molar-refractivity contribution in [2.24, 2.45) is 5.41 Å². The third-order valence-electron chi connectivity index (χ3n) is 4.56. The Morgan fingerprint density at radius 2 is 2.00 bits per heavy atom. The molecule has 0 radical (unpaired) electrons. The summed E-state index contributed by atoms with van der Waals surface area (Å²) in [7, 11) is 0. The standard InChI is InChI=1S/C17H28N2/c1-4-12-18-16(15-9-8-14(2)19-13-15)17(3)10-6-5-7-11-17/h8-9,13,16,18H,4-7,10-12H2,1-3H3. The number of hydrogen-bond acceptors (Lipinski definition) is 2. The van der Waals surface area contributed by atoms with Crippen LogP contribution in [0.4, 0.5) is 0 Å². The summed E-state index contributed by atoms with van der Waals surface area (Å²) in [4.78, 5) is 4.49. The van der Waals surface area contributed by atoms with Crippen molar-refractivity contribution in [3.05, 3.63) is 29.6 Å². The van der Waals surface area contributed by atoms with Gasteiger partial charge >= 0.3 is 0 Å². The van der Waals surface area contributed by atoms with E-state index in [2.05, 4.69) is 49.4 Å². The average molecular weight is 260 g/mol. The quantitative estimate of drug-likeness (QED) is 0.848. The predicted octanol–water partition coefficient (Wildman–Crippen LogP) is 4.40. The molecule has 0 spiro atoms. The Hall–Kier alpha value is -0.890. The molecule has 2 heteroatoms. The smallest absolute Gasteiger partial charge is 0.0389 e. The van der Waals surface area contributed by atoms with Gasteiger partial charge in [-0.1, -0.05) is 39.2 Å². The molecule has 1 aromatic heterocycles. The topological polar surface area (TPSA) is 24.9 Å². The summed E-state index contributed by atoms with van der Waals surface area (Å²) in [5.41, 5.74) is 2.86. The van der Waals surface area contributed by atoms with Crippen LogP contribution in [-0.4, -0.2) is 11.5 Å². The van der Waals surface area contributed by atoms with Crippen LogP contribution in [0, 0.1) is 12.3 Å². The maximum atomic E-state index is 4.49. The molecule has 0 bridgehead atoms. The molecule has 1 N–H and O–H groups in total. The van der Waals surface area contributed by atoms with Crippen LogP contribution in [0.25, 0.3) is 0 Å². The van der Waals surface area contributed by atoms with E-state index >= 15 is 0 Å². The minimum absolute atomic E-state index is 0.393. The van der Waals surface area contributed by atoms with Crippen molar-refractivity contribution in [3.8, 4) is 0 Å². The van der Waals surface area contributed by atoms with E-state index in [1.807, 2.05) is 0 Å². The first kappa shape index (κ1) is 14.5. The molecule has 0 aromatic carbocycles. The van der Waals surface area contributed by atoms with Gasteiger partial charge in [-0.25, -0.2) is 0 Å². The van der Waals surface area contributed by atoms with Gasteiger partial charge in [0.05, 0.1) is 0 Å². The van der Waals surface area contributed by atoms with Gasteiger partial charge in [0.15, 0.2) is 0 Å². The molecule has 1 atom stereocenters. The van der Waals surface area contributed by atoms with Crippen LogP contribution in [0.2, 0.25) is 0 Å². The molecule has 0 amide bonds. The van der Waals surface area contributed by atoms with Crippen LogP contribution in [0.5, 0.6) is 0 Å². The van der Waals surface area contributed by atoms with Gasteiger partial charge in [-0.15, -0.1) is 0 Å². The SMILES string of the molecule is CCCNC(c1ccc(C)nc1)C1(C)CCCCC1. The minimum Gasteiger partial charge on any atom is -0.309 e. The van der Waals surface area contributed by atoms with E-state index in [-0.39, 0.29) is 0 Å². The molecule has 2 nitrogen and oxygen atoms in total. The largest absolute Gasteiger partial charge is 0.309 e. The molecule has 1 saturated carbocycles. The Morgan fingerprint density at radius 3 is 2.58 bits per heavy atom. The van der Waals surface area contributed by atoms with Crippen LogP contribution < -0.4 is 5.32 Å². The lowest BCUT2D eigenvalue weighted by Crippen LogP contribution is -2.38. The molecule has 106 valence electrons. The van der Waals surface area contributed by atoms with Crippen molar-refractivity contribution in [2.45, 2.75) is 65.3 Å². The molecule has 0 saturated heterocycles. The first-order valence-corrected chi connectivity index (χ1v) is 7.81. The Morgan fingerprint density at radius 1 is 1.26 bits per heavy atom. The van der Waals surface area contributed by atoms with E-state index in [1.165, 1.54) is 44.1 Å². The summed E-state index contributed by atoms with van der Waals surface area (Å²) >= 11 is 0. The summed E-state index contributed by atoms with van der Waals surface area (Å²) in [6.45, 7) is 7.84. The summed E-state index contributed by atoms with van der Waals surface area (Å²) in [6, 6.07) is 4.86. The monoisotopic (exact) mass is 260 g/mol. The number of nitrogens with zero attached hydrogens (tertiary/aromatic N) is 1. The number of aromatic nitrogens is 1. The van der Waals surface area contributed by atoms with Crippen molar-refractivity contribution in [2.75, 3.05) is 6.54 Å². The second-order valence-corrected chi connectivity index (χ2v) is 6.33. The van der Waals surface area contributed by atoms with Crippen molar-refractivity contribution < 1.29 is 0 Å². The summed E-state index contributed by atoms with van der Waals surface area (Å²) in [5.74, 6) is 0. The van der Waals surface area contributed by atoms with Gasteiger partial charge in [0.25, 0.3) is 0 Å². The molecule has 1 aliphatic carbocycles. The molecule has 1 aliphatic rings. The van der Waals surface area contributed by atoms with E-state index in [0.717, 1.165) is 12.2 Å².